The third-order valence-corrected chi connectivity index (χ3v) is 8.71. The first-order valence-corrected chi connectivity index (χ1v) is 13.0. The lowest BCUT2D eigenvalue weighted by Gasteiger charge is -2.40. The van der Waals surface area contributed by atoms with Crippen LogP contribution in [0, 0.1) is 0 Å². The van der Waals surface area contributed by atoms with Crippen LogP contribution in [0.15, 0.2) is 54.6 Å². The molecule has 0 unspecified atom stereocenters. The van der Waals surface area contributed by atoms with Gasteiger partial charge in [0.05, 0.1) is 15.2 Å². The Labute approximate surface area is 198 Å². The first-order chi connectivity index (χ1) is 16.2. The Bertz CT molecular complexity index is 1200. The number of nitrogens with zero attached hydrogens (tertiary/aromatic N) is 2. The van der Waals surface area contributed by atoms with Crippen molar-refractivity contribution >= 4 is 38.4 Å². The molecule has 0 radical (unpaired) electrons. The van der Waals surface area contributed by atoms with Gasteiger partial charge in [0.2, 0.25) is 0 Å². The number of amides is 1. The number of para-hydroxylation sites is 2. The van der Waals surface area contributed by atoms with Gasteiger partial charge < -0.3 is 15.2 Å². The van der Waals surface area contributed by atoms with E-state index in [0.29, 0.717) is 17.7 Å². The molecule has 2 aromatic heterocycles. The van der Waals surface area contributed by atoms with Crippen molar-refractivity contribution in [3.8, 4) is 0 Å². The van der Waals surface area contributed by atoms with Gasteiger partial charge in [-0.1, -0.05) is 30.3 Å². The molecule has 2 aliphatic rings. The second-order valence-corrected chi connectivity index (χ2v) is 10.6. The Morgan fingerprint density at radius 2 is 1.73 bits per heavy atom. The molecule has 1 saturated heterocycles. The SMILES string of the molecule is O=C(NC1CCC(N2CCC(c3nc4ccccc4s3)CC2)CC1)c1cc2ccccc2[nH]1. The van der Waals surface area contributed by atoms with Gasteiger partial charge in [0, 0.05) is 28.9 Å². The largest absolute Gasteiger partial charge is 0.351 e. The number of rotatable bonds is 4. The van der Waals surface area contributed by atoms with Crippen molar-refractivity contribution in [2.45, 2.75) is 56.5 Å². The number of H-pyrrole nitrogens is 1. The van der Waals surface area contributed by atoms with Gasteiger partial charge in [0.15, 0.2) is 0 Å². The van der Waals surface area contributed by atoms with E-state index in [1.54, 1.807) is 0 Å². The first kappa shape index (κ1) is 20.9. The maximum Gasteiger partial charge on any atom is 0.267 e. The standard InChI is InChI=1S/C27H30N4OS/c32-26(24-17-19-5-1-2-6-22(19)29-24)28-20-9-11-21(12-10-20)31-15-13-18(14-16-31)27-30-23-7-3-4-8-25(23)33-27/h1-8,17-18,20-21,29H,9-16H2,(H,28,32). The fraction of sp³-hybridized carbons (Fsp3) is 0.407. The molecule has 5 nitrogen and oxygen atoms in total. The highest BCUT2D eigenvalue weighted by Gasteiger charge is 2.31. The highest BCUT2D eigenvalue weighted by molar-refractivity contribution is 7.18. The van der Waals surface area contributed by atoms with Crippen LogP contribution in [0.1, 0.15) is 59.9 Å². The van der Waals surface area contributed by atoms with Gasteiger partial charge in [-0.15, -0.1) is 11.3 Å². The highest BCUT2D eigenvalue weighted by Crippen LogP contribution is 2.35. The summed E-state index contributed by atoms with van der Waals surface area (Å²) in [6.07, 6.45) is 6.88. The minimum atomic E-state index is 0.0197. The minimum absolute atomic E-state index is 0.0197. The van der Waals surface area contributed by atoms with Crippen LogP contribution < -0.4 is 5.32 Å². The van der Waals surface area contributed by atoms with Crippen molar-refractivity contribution in [1.82, 2.24) is 20.2 Å². The van der Waals surface area contributed by atoms with Crippen LogP contribution in [0.4, 0.5) is 0 Å². The average molecular weight is 459 g/mol. The lowest BCUT2D eigenvalue weighted by atomic mass is 9.87. The number of carbonyl (C=O) groups excluding carboxylic acids is 1. The Morgan fingerprint density at radius 3 is 2.52 bits per heavy atom. The summed E-state index contributed by atoms with van der Waals surface area (Å²) in [7, 11) is 0. The number of hydrogen-bond donors (Lipinski definition) is 2. The summed E-state index contributed by atoms with van der Waals surface area (Å²) < 4.78 is 1.31. The third kappa shape index (κ3) is 4.30. The molecule has 6 rings (SSSR count). The summed E-state index contributed by atoms with van der Waals surface area (Å²) in [5.41, 5.74) is 2.82. The summed E-state index contributed by atoms with van der Waals surface area (Å²) in [6.45, 7) is 2.33. The maximum absolute atomic E-state index is 12.7. The molecule has 1 saturated carbocycles. The Kier molecular flexibility index (Phi) is 5.64. The summed E-state index contributed by atoms with van der Waals surface area (Å²) in [5, 5.41) is 5.67. The fourth-order valence-corrected chi connectivity index (χ4v) is 6.76. The second-order valence-electron chi connectivity index (χ2n) is 9.58. The predicted octanol–water partition coefficient (Wildman–Crippen LogP) is 5.70. The quantitative estimate of drug-likeness (QED) is 0.412. The van der Waals surface area contributed by atoms with Gasteiger partial charge in [-0.2, -0.15) is 0 Å². The van der Waals surface area contributed by atoms with Gasteiger partial charge >= 0.3 is 0 Å². The zero-order valence-corrected chi connectivity index (χ0v) is 19.6. The summed E-state index contributed by atoms with van der Waals surface area (Å²) >= 11 is 1.87. The number of hydrogen-bond acceptors (Lipinski definition) is 4. The van der Waals surface area contributed by atoms with E-state index in [9.17, 15) is 4.79 Å². The Morgan fingerprint density at radius 1 is 0.970 bits per heavy atom. The molecule has 2 N–H and O–H groups in total. The number of likely N-dealkylation sites (tertiary alicyclic amines) is 1. The molecule has 170 valence electrons. The number of nitrogens with one attached hydrogen (secondary N) is 2. The predicted molar refractivity (Wildman–Crippen MR) is 135 cm³/mol. The lowest BCUT2D eigenvalue weighted by Crippen LogP contribution is -2.46. The minimum Gasteiger partial charge on any atom is -0.351 e. The van der Waals surface area contributed by atoms with Crippen molar-refractivity contribution in [2.75, 3.05) is 13.1 Å². The van der Waals surface area contributed by atoms with Gasteiger partial charge in [-0.25, -0.2) is 4.98 Å². The number of fused-ring (bicyclic) bond motifs is 2. The van der Waals surface area contributed by atoms with Gasteiger partial charge in [-0.05, 0) is 75.9 Å². The molecule has 0 spiro atoms. The van der Waals surface area contributed by atoms with E-state index in [1.807, 2.05) is 41.7 Å². The van der Waals surface area contributed by atoms with E-state index in [0.717, 1.165) is 42.4 Å². The molecule has 2 aromatic carbocycles. The molecular weight excluding hydrogens is 428 g/mol. The van der Waals surface area contributed by atoms with Crippen molar-refractivity contribution < 1.29 is 4.79 Å². The smallest absolute Gasteiger partial charge is 0.267 e. The normalized spacial score (nSPS) is 22.7. The van der Waals surface area contributed by atoms with E-state index >= 15 is 0 Å². The zero-order chi connectivity index (χ0) is 22.2. The number of aromatic nitrogens is 2. The molecule has 6 heteroatoms. The van der Waals surface area contributed by atoms with E-state index in [1.165, 1.54) is 35.4 Å². The number of carbonyl (C=O) groups is 1. The van der Waals surface area contributed by atoms with E-state index in [2.05, 4.69) is 39.5 Å². The van der Waals surface area contributed by atoms with Crippen molar-refractivity contribution in [3.63, 3.8) is 0 Å². The molecule has 4 aromatic rings. The third-order valence-electron chi connectivity index (χ3n) is 7.51. The molecule has 1 aliphatic heterocycles. The molecule has 1 aliphatic carbocycles. The number of aromatic amines is 1. The van der Waals surface area contributed by atoms with Crippen LogP contribution in [0.3, 0.4) is 0 Å². The van der Waals surface area contributed by atoms with Crippen molar-refractivity contribution in [1.29, 1.82) is 0 Å². The number of piperidine rings is 1. The van der Waals surface area contributed by atoms with Crippen molar-refractivity contribution in [3.05, 3.63) is 65.3 Å². The Hall–Kier alpha value is -2.70. The van der Waals surface area contributed by atoms with Gasteiger partial charge in [-0.3, -0.25) is 4.79 Å². The molecule has 0 atom stereocenters. The molecule has 1 amide bonds. The van der Waals surface area contributed by atoms with Crippen LogP contribution >= 0.6 is 11.3 Å². The van der Waals surface area contributed by atoms with E-state index in [-0.39, 0.29) is 11.9 Å². The summed E-state index contributed by atoms with van der Waals surface area (Å²) in [5.74, 6) is 0.622. The summed E-state index contributed by atoms with van der Waals surface area (Å²) in [6, 6.07) is 19.4. The lowest BCUT2D eigenvalue weighted by molar-refractivity contribution is 0.0875. The maximum atomic E-state index is 12.7. The second kappa shape index (κ2) is 8.92. The molecule has 3 heterocycles. The van der Waals surface area contributed by atoms with Crippen LogP contribution in [0.2, 0.25) is 0 Å². The van der Waals surface area contributed by atoms with Gasteiger partial charge in [0.25, 0.3) is 5.91 Å². The topological polar surface area (TPSA) is 61.0 Å². The first-order valence-electron chi connectivity index (χ1n) is 12.2. The molecule has 0 bridgehead atoms. The van der Waals surface area contributed by atoms with Crippen LogP contribution in [-0.2, 0) is 0 Å². The summed E-state index contributed by atoms with van der Waals surface area (Å²) in [4.78, 5) is 23.6. The monoisotopic (exact) mass is 458 g/mol. The number of thiazole rings is 1. The van der Waals surface area contributed by atoms with E-state index < -0.39 is 0 Å². The molecular formula is C27H30N4OS. The van der Waals surface area contributed by atoms with Crippen molar-refractivity contribution in [2.24, 2.45) is 0 Å². The zero-order valence-electron chi connectivity index (χ0n) is 18.8. The van der Waals surface area contributed by atoms with Crippen LogP contribution in [0.5, 0.6) is 0 Å². The highest BCUT2D eigenvalue weighted by atomic mass is 32.1. The van der Waals surface area contributed by atoms with Crippen LogP contribution in [0.25, 0.3) is 21.1 Å². The van der Waals surface area contributed by atoms with E-state index in [4.69, 9.17) is 4.98 Å². The Balaban J connectivity index is 0.999. The van der Waals surface area contributed by atoms with Crippen LogP contribution in [-0.4, -0.2) is 45.9 Å². The average Bonchev–Trinajstić information content (AvgIpc) is 3.49. The molecule has 33 heavy (non-hydrogen) atoms. The van der Waals surface area contributed by atoms with Gasteiger partial charge in [0.1, 0.15) is 5.69 Å². The number of benzene rings is 2. The molecule has 2 fully saturated rings. The fourth-order valence-electron chi connectivity index (χ4n) is 5.62.